The fourth-order valence-electron chi connectivity index (χ4n) is 3.40. The third-order valence-corrected chi connectivity index (χ3v) is 4.79. The first-order valence-electron chi connectivity index (χ1n) is 8.07. The largest absolute Gasteiger partial charge is 0.497 e. The van der Waals surface area contributed by atoms with Crippen molar-refractivity contribution in [2.45, 2.75) is 25.9 Å². The number of rotatable bonds is 4. The van der Waals surface area contributed by atoms with E-state index < -0.39 is 0 Å². The number of ether oxygens (including phenoxy) is 1. The van der Waals surface area contributed by atoms with Crippen LogP contribution in [0.15, 0.2) is 48.7 Å². The Bertz CT molecular complexity index is 840. The molecule has 0 saturated carbocycles. The highest BCUT2D eigenvalue weighted by atomic mass is 16.5. The van der Waals surface area contributed by atoms with Crippen LogP contribution < -0.4 is 4.74 Å². The molecule has 4 rings (SSSR count). The van der Waals surface area contributed by atoms with Crippen LogP contribution in [0.25, 0.3) is 5.65 Å². The van der Waals surface area contributed by atoms with Gasteiger partial charge in [-0.15, -0.1) is 0 Å². The van der Waals surface area contributed by atoms with Gasteiger partial charge in [-0.2, -0.15) is 0 Å². The average molecular weight is 307 g/mol. The molecule has 0 radical (unpaired) electrons. The van der Waals surface area contributed by atoms with Gasteiger partial charge in [0.05, 0.1) is 18.5 Å². The molecule has 1 aromatic carbocycles. The van der Waals surface area contributed by atoms with Crippen molar-refractivity contribution >= 4 is 5.65 Å². The van der Waals surface area contributed by atoms with Gasteiger partial charge in [0.15, 0.2) is 0 Å². The van der Waals surface area contributed by atoms with E-state index >= 15 is 0 Å². The first-order valence-corrected chi connectivity index (χ1v) is 8.07. The predicted molar refractivity (Wildman–Crippen MR) is 90.7 cm³/mol. The van der Waals surface area contributed by atoms with Crippen LogP contribution in [0.1, 0.15) is 29.4 Å². The molecule has 0 spiro atoms. The summed E-state index contributed by atoms with van der Waals surface area (Å²) in [7, 11) is 1.72. The first kappa shape index (κ1) is 14.3. The number of likely N-dealkylation sites (tertiary alicyclic amines) is 1. The molecule has 3 aromatic rings. The summed E-state index contributed by atoms with van der Waals surface area (Å²) in [4.78, 5) is 7.18. The maximum absolute atomic E-state index is 5.36. The number of methoxy groups -OCH3 is 1. The van der Waals surface area contributed by atoms with Crippen molar-refractivity contribution in [1.82, 2.24) is 14.3 Å². The van der Waals surface area contributed by atoms with Crippen LogP contribution in [0.4, 0.5) is 0 Å². The lowest BCUT2D eigenvalue weighted by molar-refractivity contribution is 0.0797. The Labute approximate surface area is 136 Å². The fraction of sp³-hybridized carbons (Fsp3) is 0.316. The summed E-state index contributed by atoms with van der Waals surface area (Å²) in [5.74, 6) is 0.931. The summed E-state index contributed by atoms with van der Waals surface area (Å²) >= 11 is 0. The van der Waals surface area contributed by atoms with Crippen LogP contribution in [0.2, 0.25) is 0 Å². The number of pyridine rings is 1. The maximum atomic E-state index is 5.36. The summed E-state index contributed by atoms with van der Waals surface area (Å²) in [6.45, 7) is 4.16. The lowest BCUT2D eigenvalue weighted by atomic mass is 9.94. The Hall–Kier alpha value is -2.33. The first-order chi connectivity index (χ1) is 11.3. The van der Waals surface area contributed by atoms with E-state index in [2.05, 4.69) is 57.7 Å². The zero-order chi connectivity index (χ0) is 15.8. The number of hydrogen-bond donors (Lipinski definition) is 0. The molecular formula is C19H21N3O. The molecule has 1 saturated heterocycles. The zero-order valence-corrected chi connectivity index (χ0v) is 13.6. The van der Waals surface area contributed by atoms with Crippen molar-refractivity contribution in [3.05, 3.63) is 65.6 Å². The van der Waals surface area contributed by atoms with E-state index in [9.17, 15) is 0 Å². The molecule has 2 aromatic heterocycles. The minimum absolute atomic E-state index is 0.471. The Balaban J connectivity index is 1.60. The van der Waals surface area contributed by atoms with E-state index in [-0.39, 0.29) is 0 Å². The monoisotopic (exact) mass is 307 g/mol. The number of aryl methyl sites for hydroxylation is 1. The molecule has 1 atom stereocenters. The lowest BCUT2D eigenvalue weighted by Crippen LogP contribution is -2.40. The number of imidazole rings is 1. The van der Waals surface area contributed by atoms with E-state index in [1.54, 1.807) is 7.11 Å². The Morgan fingerprint density at radius 3 is 2.91 bits per heavy atom. The van der Waals surface area contributed by atoms with Crippen LogP contribution >= 0.6 is 0 Å². The molecule has 0 aliphatic carbocycles. The van der Waals surface area contributed by atoms with E-state index in [0.717, 1.165) is 30.2 Å². The summed E-state index contributed by atoms with van der Waals surface area (Å²) < 4.78 is 7.56. The standard InChI is InChI=1S/C19H21N3O/c1-14-18(22-10-4-3-8-19(22)20-14)13-21-11-9-17(21)15-6-5-7-16(12-15)23-2/h3-8,10,12,17H,9,11,13H2,1-2H3. The molecule has 23 heavy (non-hydrogen) atoms. The van der Waals surface area contributed by atoms with Gasteiger partial charge in [-0.05, 0) is 43.2 Å². The quantitative estimate of drug-likeness (QED) is 0.737. The highest BCUT2D eigenvalue weighted by Crippen LogP contribution is 2.36. The Kier molecular flexibility index (Phi) is 3.54. The molecule has 3 heterocycles. The van der Waals surface area contributed by atoms with Crippen LogP contribution in [0, 0.1) is 6.92 Å². The van der Waals surface area contributed by atoms with Gasteiger partial charge in [-0.1, -0.05) is 18.2 Å². The smallest absolute Gasteiger partial charge is 0.137 e. The molecular weight excluding hydrogens is 286 g/mol. The van der Waals surface area contributed by atoms with Gasteiger partial charge >= 0.3 is 0 Å². The van der Waals surface area contributed by atoms with Gasteiger partial charge in [0.1, 0.15) is 11.4 Å². The summed E-state index contributed by atoms with van der Waals surface area (Å²) in [5, 5.41) is 0. The van der Waals surface area contributed by atoms with Gasteiger partial charge in [-0.25, -0.2) is 4.98 Å². The number of aromatic nitrogens is 2. The summed E-state index contributed by atoms with van der Waals surface area (Å²) in [5.41, 5.74) is 4.77. The fourth-order valence-corrected chi connectivity index (χ4v) is 3.40. The second-order valence-corrected chi connectivity index (χ2v) is 6.12. The minimum atomic E-state index is 0.471. The molecule has 1 fully saturated rings. The maximum Gasteiger partial charge on any atom is 0.137 e. The third-order valence-electron chi connectivity index (χ3n) is 4.79. The average Bonchev–Trinajstić information content (AvgIpc) is 2.87. The minimum Gasteiger partial charge on any atom is -0.497 e. The van der Waals surface area contributed by atoms with Crippen LogP contribution in [-0.4, -0.2) is 27.9 Å². The van der Waals surface area contributed by atoms with Gasteiger partial charge < -0.3 is 9.14 Å². The van der Waals surface area contributed by atoms with Gasteiger partial charge in [0, 0.05) is 25.3 Å². The van der Waals surface area contributed by atoms with Crippen LogP contribution in [0.3, 0.4) is 0 Å². The van der Waals surface area contributed by atoms with Crippen molar-refractivity contribution in [1.29, 1.82) is 0 Å². The second-order valence-electron chi connectivity index (χ2n) is 6.12. The van der Waals surface area contributed by atoms with Crippen molar-refractivity contribution in [2.75, 3.05) is 13.7 Å². The van der Waals surface area contributed by atoms with Gasteiger partial charge in [0.2, 0.25) is 0 Å². The van der Waals surface area contributed by atoms with Crippen molar-refractivity contribution in [3.63, 3.8) is 0 Å². The Morgan fingerprint density at radius 2 is 2.13 bits per heavy atom. The normalized spacial score (nSPS) is 18.1. The number of fused-ring (bicyclic) bond motifs is 1. The van der Waals surface area contributed by atoms with Crippen LogP contribution in [0.5, 0.6) is 5.75 Å². The molecule has 1 unspecified atom stereocenters. The van der Waals surface area contributed by atoms with Crippen LogP contribution in [-0.2, 0) is 6.54 Å². The van der Waals surface area contributed by atoms with Gasteiger partial charge in [-0.3, -0.25) is 4.90 Å². The molecule has 0 bridgehead atoms. The molecule has 0 N–H and O–H groups in total. The van der Waals surface area contributed by atoms with Crippen molar-refractivity contribution in [3.8, 4) is 5.75 Å². The van der Waals surface area contributed by atoms with E-state index in [4.69, 9.17) is 4.74 Å². The molecule has 1 aliphatic rings. The lowest BCUT2D eigenvalue weighted by Gasteiger charge is -2.41. The van der Waals surface area contributed by atoms with Crippen molar-refractivity contribution in [2.24, 2.45) is 0 Å². The van der Waals surface area contributed by atoms with E-state index in [1.807, 2.05) is 12.1 Å². The molecule has 118 valence electrons. The third kappa shape index (κ3) is 2.49. The second kappa shape index (κ2) is 5.70. The molecule has 0 amide bonds. The summed E-state index contributed by atoms with van der Waals surface area (Å²) in [6.07, 6.45) is 3.30. The summed E-state index contributed by atoms with van der Waals surface area (Å²) in [6, 6.07) is 15.1. The van der Waals surface area contributed by atoms with E-state index in [0.29, 0.717) is 6.04 Å². The van der Waals surface area contributed by atoms with Crippen molar-refractivity contribution < 1.29 is 4.74 Å². The van der Waals surface area contributed by atoms with E-state index in [1.165, 1.54) is 17.7 Å². The number of hydrogen-bond acceptors (Lipinski definition) is 3. The molecule has 4 nitrogen and oxygen atoms in total. The topological polar surface area (TPSA) is 29.8 Å². The Morgan fingerprint density at radius 1 is 1.22 bits per heavy atom. The van der Waals surface area contributed by atoms with Gasteiger partial charge in [0.25, 0.3) is 0 Å². The zero-order valence-electron chi connectivity index (χ0n) is 13.6. The predicted octanol–water partition coefficient (Wildman–Crippen LogP) is 3.60. The number of nitrogens with zero attached hydrogens (tertiary/aromatic N) is 3. The SMILES string of the molecule is COc1cccc(C2CCN2Cc2c(C)nc3ccccn23)c1. The molecule has 4 heteroatoms. The molecule has 1 aliphatic heterocycles. The highest BCUT2D eigenvalue weighted by molar-refractivity contribution is 5.43. The number of benzene rings is 1. The highest BCUT2D eigenvalue weighted by Gasteiger charge is 2.30.